The first-order valence-corrected chi connectivity index (χ1v) is 8.77. The molecule has 1 aromatic heterocycles. The molecule has 0 spiro atoms. The molecular formula is C17H14Cl2N2OS. The van der Waals surface area contributed by atoms with E-state index in [1.165, 1.54) is 11.8 Å². The smallest absolute Gasteiger partial charge is 0.166 e. The number of hydrogen-bond acceptors (Lipinski definition) is 3. The van der Waals surface area contributed by atoms with Gasteiger partial charge in [-0.2, -0.15) is 0 Å². The highest BCUT2D eigenvalue weighted by molar-refractivity contribution is 7.99. The summed E-state index contributed by atoms with van der Waals surface area (Å²) in [5.74, 6) is 0.591. The normalized spacial score (nSPS) is 10.9. The van der Waals surface area contributed by atoms with E-state index in [4.69, 9.17) is 28.3 Å². The average molecular weight is 365 g/mol. The van der Waals surface area contributed by atoms with Crippen LogP contribution in [0.3, 0.4) is 0 Å². The van der Waals surface area contributed by atoms with Crippen molar-refractivity contribution < 1.29 is 5.11 Å². The van der Waals surface area contributed by atoms with Crippen molar-refractivity contribution in [3.05, 3.63) is 58.6 Å². The summed E-state index contributed by atoms with van der Waals surface area (Å²) >= 11 is 13.4. The molecule has 0 saturated heterocycles. The fourth-order valence-electron chi connectivity index (χ4n) is 2.20. The maximum Gasteiger partial charge on any atom is 0.166 e. The number of aliphatic hydroxyl groups is 1. The second kappa shape index (κ2) is 7.41. The number of nitrogens with zero attached hydrogens (tertiary/aromatic N) is 1. The Balaban J connectivity index is 2.06. The van der Waals surface area contributed by atoms with Gasteiger partial charge < -0.3 is 10.1 Å². The number of hydrogen-bond donors (Lipinski definition) is 2. The van der Waals surface area contributed by atoms with Gasteiger partial charge in [0, 0.05) is 26.9 Å². The van der Waals surface area contributed by atoms with Crippen molar-refractivity contribution in [2.75, 3.05) is 12.4 Å². The van der Waals surface area contributed by atoms with Crippen LogP contribution in [0.4, 0.5) is 0 Å². The highest BCUT2D eigenvalue weighted by Crippen LogP contribution is 2.33. The maximum absolute atomic E-state index is 9.01. The predicted molar refractivity (Wildman–Crippen MR) is 97.3 cm³/mol. The zero-order chi connectivity index (χ0) is 16.2. The molecule has 3 rings (SSSR count). The largest absolute Gasteiger partial charge is 0.396 e. The van der Waals surface area contributed by atoms with Gasteiger partial charge in [0.1, 0.15) is 0 Å². The minimum absolute atomic E-state index is 0.109. The molecule has 0 radical (unpaired) electrons. The molecule has 2 aromatic carbocycles. The summed E-state index contributed by atoms with van der Waals surface area (Å²) in [4.78, 5) is 8.00. The number of rotatable bonds is 5. The van der Waals surface area contributed by atoms with Crippen molar-refractivity contribution in [3.8, 4) is 22.5 Å². The Morgan fingerprint density at radius 2 is 1.48 bits per heavy atom. The van der Waals surface area contributed by atoms with Crippen LogP contribution in [0, 0.1) is 0 Å². The van der Waals surface area contributed by atoms with Crippen LogP contribution in [0.2, 0.25) is 10.0 Å². The Kier molecular flexibility index (Phi) is 5.28. The lowest BCUT2D eigenvalue weighted by Crippen LogP contribution is -1.86. The second-order valence-electron chi connectivity index (χ2n) is 4.85. The third-order valence-electron chi connectivity index (χ3n) is 3.26. The summed E-state index contributed by atoms with van der Waals surface area (Å²) in [5.41, 5.74) is 3.75. The van der Waals surface area contributed by atoms with Gasteiger partial charge in [0.25, 0.3) is 0 Å². The highest BCUT2D eigenvalue weighted by atomic mass is 35.5. The molecule has 0 fully saturated rings. The third-order valence-corrected chi connectivity index (χ3v) is 4.62. The lowest BCUT2D eigenvalue weighted by Gasteiger charge is -2.03. The molecule has 0 aliphatic carbocycles. The Hall–Kier alpha value is -1.46. The number of aromatic nitrogens is 2. The van der Waals surface area contributed by atoms with E-state index < -0.39 is 0 Å². The number of thioether (sulfide) groups is 1. The molecule has 118 valence electrons. The van der Waals surface area contributed by atoms with Crippen LogP contribution in [-0.4, -0.2) is 27.4 Å². The molecule has 23 heavy (non-hydrogen) atoms. The van der Waals surface area contributed by atoms with Crippen LogP contribution >= 0.6 is 35.0 Å². The first kappa shape index (κ1) is 16.4. The van der Waals surface area contributed by atoms with Crippen molar-refractivity contribution in [2.45, 2.75) is 5.16 Å². The van der Waals surface area contributed by atoms with Gasteiger partial charge in [0.2, 0.25) is 0 Å². The van der Waals surface area contributed by atoms with Crippen molar-refractivity contribution >= 4 is 35.0 Å². The summed E-state index contributed by atoms with van der Waals surface area (Å²) < 4.78 is 0. The van der Waals surface area contributed by atoms with E-state index in [2.05, 4.69) is 9.97 Å². The summed E-state index contributed by atoms with van der Waals surface area (Å²) in [6.45, 7) is 0.109. The predicted octanol–water partition coefficient (Wildman–Crippen LogP) is 5.13. The van der Waals surface area contributed by atoms with Crippen LogP contribution in [0.25, 0.3) is 22.5 Å². The summed E-state index contributed by atoms with van der Waals surface area (Å²) in [5, 5.41) is 11.2. The van der Waals surface area contributed by atoms with Gasteiger partial charge in [-0.25, -0.2) is 4.98 Å². The minimum atomic E-state index is 0.109. The topological polar surface area (TPSA) is 48.9 Å². The van der Waals surface area contributed by atoms with E-state index in [0.717, 1.165) is 27.7 Å². The van der Waals surface area contributed by atoms with Gasteiger partial charge in [-0.15, -0.1) is 0 Å². The van der Waals surface area contributed by atoms with E-state index in [1.807, 2.05) is 48.5 Å². The SMILES string of the molecule is OCCSc1nc(-c2ccc(Cl)cc2)c(-c2ccc(Cl)cc2)[nH]1. The van der Waals surface area contributed by atoms with E-state index in [-0.39, 0.29) is 6.61 Å². The van der Waals surface area contributed by atoms with Crippen molar-refractivity contribution in [1.29, 1.82) is 0 Å². The van der Waals surface area contributed by atoms with Crippen molar-refractivity contribution in [2.24, 2.45) is 0 Å². The first-order chi connectivity index (χ1) is 11.2. The standard InChI is InChI=1S/C17H14Cl2N2OS/c18-13-5-1-11(2-6-13)15-16(12-3-7-14(19)8-4-12)21-17(20-15)23-10-9-22/h1-8,22H,9-10H2,(H,20,21). The Labute approximate surface area is 148 Å². The van der Waals surface area contributed by atoms with Crippen LogP contribution in [-0.2, 0) is 0 Å². The molecule has 2 N–H and O–H groups in total. The number of benzene rings is 2. The fourth-order valence-corrected chi connectivity index (χ4v) is 3.07. The van der Waals surface area contributed by atoms with Crippen molar-refractivity contribution in [3.63, 3.8) is 0 Å². The molecule has 3 aromatic rings. The molecule has 3 nitrogen and oxygen atoms in total. The quantitative estimate of drug-likeness (QED) is 0.616. The second-order valence-corrected chi connectivity index (χ2v) is 6.81. The molecule has 0 bridgehead atoms. The van der Waals surface area contributed by atoms with Crippen molar-refractivity contribution in [1.82, 2.24) is 9.97 Å². The van der Waals surface area contributed by atoms with Gasteiger partial charge in [-0.1, -0.05) is 59.2 Å². The summed E-state index contributed by atoms with van der Waals surface area (Å²) in [7, 11) is 0. The van der Waals surface area contributed by atoms with E-state index >= 15 is 0 Å². The Morgan fingerprint density at radius 1 is 0.913 bits per heavy atom. The van der Waals surface area contributed by atoms with Crippen LogP contribution in [0.1, 0.15) is 0 Å². The van der Waals surface area contributed by atoms with Gasteiger partial charge in [-0.05, 0) is 24.3 Å². The zero-order valence-corrected chi connectivity index (χ0v) is 14.4. The van der Waals surface area contributed by atoms with Gasteiger partial charge in [0.05, 0.1) is 18.0 Å². The number of nitrogens with one attached hydrogen (secondary N) is 1. The number of aromatic amines is 1. The Morgan fingerprint density at radius 3 is 2.04 bits per heavy atom. The van der Waals surface area contributed by atoms with Gasteiger partial charge in [-0.3, -0.25) is 0 Å². The van der Waals surface area contributed by atoms with E-state index in [9.17, 15) is 0 Å². The summed E-state index contributed by atoms with van der Waals surface area (Å²) in [6, 6.07) is 15.2. The molecular weight excluding hydrogens is 351 g/mol. The number of H-pyrrole nitrogens is 1. The first-order valence-electron chi connectivity index (χ1n) is 7.03. The van der Waals surface area contributed by atoms with Crippen LogP contribution < -0.4 is 0 Å². The fraction of sp³-hybridized carbons (Fsp3) is 0.118. The molecule has 0 aliphatic heterocycles. The number of aliphatic hydroxyl groups excluding tert-OH is 1. The lowest BCUT2D eigenvalue weighted by atomic mass is 10.1. The molecule has 0 amide bonds. The zero-order valence-electron chi connectivity index (χ0n) is 12.1. The van der Waals surface area contributed by atoms with Crippen LogP contribution in [0.15, 0.2) is 53.7 Å². The van der Waals surface area contributed by atoms with E-state index in [0.29, 0.717) is 15.8 Å². The molecule has 1 heterocycles. The number of imidazole rings is 1. The Bertz CT molecular complexity index is 722. The van der Waals surface area contributed by atoms with Gasteiger partial charge in [0.15, 0.2) is 5.16 Å². The summed E-state index contributed by atoms with van der Waals surface area (Å²) in [6.07, 6.45) is 0. The molecule has 0 saturated carbocycles. The maximum atomic E-state index is 9.01. The van der Waals surface area contributed by atoms with Gasteiger partial charge >= 0.3 is 0 Å². The monoisotopic (exact) mass is 364 g/mol. The lowest BCUT2D eigenvalue weighted by molar-refractivity contribution is 0.322. The molecule has 6 heteroatoms. The highest BCUT2D eigenvalue weighted by Gasteiger charge is 2.14. The molecule has 0 unspecified atom stereocenters. The molecule has 0 atom stereocenters. The van der Waals surface area contributed by atoms with Crippen LogP contribution in [0.5, 0.6) is 0 Å². The number of halogens is 2. The molecule has 0 aliphatic rings. The van der Waals surface area contributed by atoms with E-state index in [1.54, 1.807) is 0 Å². The minimum Gasteiger partial charge on any atom is -0.396 e. The third kappa shape index (κ3) is 3.90. The average Bonchev–Trinajstić information content (AvgIpc) is 2.98.